The Kier molecular flexibility index (Phi) is 9.30. The fraction of sp³-hybridized carbons (Fsp3) is 0.655. The van der Waals surface area contributed by atoms with Crippen LogP contribution in [-0.4, -0.2) is 55.5 Å². The summed E-state index contributed by atoms with van der Waals surface area (Å²) in [5, 5.41) is 8.20. The number of rotatable bonds is 6. The summed E-state index contributed by atoms with van der Waals surface area (Å²) in [4.78, 5) is 14.1. The van der Waals surface area contributed by atoms with Crippen LogP contribution in [0.5, 0.6) is 5.75 Å². The lowest BCUT2D eigenvalue weighted by Gasteiger charge is -2.33. The minimum Gasteiger partial charge on any atom is -0.492 e. The van der Waals surface area contributed by atoms with Crippen LogP contribution < -0.4 is 10.1 Å². The van der Waals surface area contributed by atoms with Crippen molar-refractivity contribution in [1.29, 1.82) is 0 Å². The molecule has 0 unspecified atom stereocenters. The van der Waals surface area contributed by atoms with Crippen LogP contribution in [0.3, 0.4) is 0 Å². The third kappa shape index (κ3) is 7.39. The summed E-state index contributed by atoms with van der Waals surface area (Å²) >= 11 is 0. The monoisotopic (exact) mass is 497 g/mol. The summed E-state index contributed by atoms with van der Waals surface area (Å²) in [7, 11) is 3.75. The van der Waals surface area contributed by atoms with Gasteiger partial charge in [-0.3, -0.25) is 0 Å². The van der Waals surface area contributed by atoms with Crippen molar-refractivity contribution >= 4 is 17.1 Å². The largest absolute Gasteiger partial charge is 0.492 e. The van der Waals surface area contributed by atoms with Gasteiger partial charge in [-0.05, 0) is 105 Å². The molecule has 2 fully saturated rings. The third-order valence-corrected chi connectivity index (χ3v) is 6.72. The molecule has 1 aromatic heterocycles. The van der Waals surface area contributed by atoms with Gasteiger partial charge in [-0.15, -0.1) is 5.92 Å². The lowest BCUT2D eigenvalue weighted by atomic mass is 9.91. The molecule has 2 heterocycles. The number of aromatic nitrogens is 1. The zero-order valence-electron chi connectivity index (χ0n) is 23.1. The van der Waals surface area contributed by atoms with Gasteiger partial charge < -0.3 is 24.2 Å². The van der Waals surface area contributed by atoms with E-state index in [1.165, 1.54) is 0 Å². The van der Waals surface area contributed by atoms with Gasteiger partial charge in [0.15, 0.2) is 5.58 Å². The molecule has 7 nitrogen and oxygen atoms in total. The predicted octanol–water partition coefficient (Wildman–Crippen LogP) is 5.73. The minimum atomic E-state index is -0.450. The summed E-state index contributed by atoms with van der Waals surface area (Å²) in [6.07, 6.45) is 5.92. The second-order valence-electron chi connectivity index (χ2n) is 11.1. The number of fused-ring (bicyclic) bond motifs is 1. The average Bonchev–Trinajstić information content (AvgIpc) is 3.46. The molecule has 198 valence electrons. The molecule has 0 radical (unpaired) electrons. The van der Waals surface area contributed by atoms with E-state index in [-0.39, 0.29) is 11.5 Å². The van der Waals surface area contributed by atoms with E-state index in [2.05, 4.69) is 28.4 Å². The SMILES string of the molecule is CC#CC1(COc2ccc3c(CCC4CCN(C(=O)OC(C)(C)C)CC4)noc3c2C)CC1.CNC. The molecule has 7 heteroatoms. The number of carbonyl (C=O) groups is 1. The van der Waals surface area contributed by atoms with E-state index in [0.29, 0.717) is 12.5 Å². The number of benzene rings is 1. The summed E-state index contributed by atoms with van der Waals surface area (Å²) in [6.45, 7) is 11.8. The summed E-state index contributed by atoms with van der Waals surface area (Å²) in [6, 6.07) is 4.10. The first-order valence-electron chi connectivity index (χ1n) is 13.1. The van der Waals surface area contributed by atoms with E-state index in [9.17, 15) is 4.79 Å². The van der Waals surface area contributed by atoms with Crippen molar-refractivity contribution in [2.75, 3.05) is 33.8 Å². The molecule has 1 N–H and O–H groups in total. The maximum Gasteiger partial charge on any atom is 0.410 e. The van der Waals surface area contributed by atoms with E-state index in [0.717, 1.165) is 79.6 Å². The van der Waals surface area contributed by atoms with Crippen LogP contribution in [0.2, 0.25) is 0 Å². The Hall–Kier alpha value is -2.72. The van der Waals surface area contributed by atoms with E-state index >= 15 is 0 Å². The Balaban J connectivity index is 0.00000115. The lowest BCUT2D eigenvalue weighted by molar-refractivity contribution is 0.0181. The number of piperidine rings is 1. The lowest BCUT2D eigenvalue weighted by Crippen LogP contribution is -2.41. The Morgan fingerprint density at radius 1 is 1.25 bits per heavy atom. The molecule has 1 aliphatic heterocycles. The van der Waals surface area contributed by atoms with Crippen molar-refractivity contribution in [3.05, 3.63) is 23.4 Å². The second-order valence-corrected chi connectivity index (χ2v) is 11.1. The van der Waals surface area contributed by atoms with Crippen LogP contribution in [0.15, 0.2) is 16.7 Å². The van der Waals surface area contributed by atoms with Crippen molar-refractivity contribution in [1.82, 2.24) is 15.4 Å². The zero-order valence-corrected chi connectivity index (χ0v) is 23.1. The number of aryl methyl sites for hydroxylation is 2. The standard InChI is InChI=1S/C27H36N2O4.C2H7N/c1-6-13-27(14-15-27)18-31-23-10-8-21-22(28-33-24(21)19(23)2)9-7-20-11-16-29(17-12-20)25(30)32-26(3,4)5;1-3-2/h8,10,20H,7,9,11-12,14-18H2,1-5H3;3H,1-2H3. The molecule has 1 saturated carbocycles. The van der Waals surface area contributed by atoms with Gasteiger partial charge in [0.05, 0.1) is 11.1 Å². The predicted molar refractivity (Wildman–Crippen MR) is 143 cm³/mol. The Bertz CT molecular complexity index is 1080. The molecule has 0 spiro atoms. The first kappa shape index (κ1) is 27.9. The van der Waals surface area contributed by atoms with E-state index in [4.69, 9.17) is 14.0 Å². The van der Waals surface area contributed by atoms with Crippen LogP contribution in [0.4, 0.5) is 4.79 Å². The maximum atomic E-state index is 12.3. The molecule has 0 atom stereocenters. The van der Waals surface area contributed by atoms with Crippen molar-refractivity contribution in [3.63, 3.8) is 0 Å². The highest BCUT2D eigenvalue weighted by Gasteiger charge is 2.42. The van der Waals surface area contributed by atoms with Crippen LogP contribution in [0, 0.1) is 30.1 Å². The van der Waals surface area contributed by atoms with Gasteiger partial charge in [-0.2, -0.15) is 0 Å². The van der Waals surface area contributed by atoms with Gasteiger partial charge in [0, 0.05) is 24.0 Å². The Labute approximate surface area is 216 Å². The molecule has 0 bridgehead atoms. The van der Waals surface area contributed by atoms with Crippen molar-refractivity contribution in [2.45, 2.75) is 78.7 Å². The van der Waals surface area contributed by atoms with Crippen LogP contribution in [-0.2, 0) is 11.2 Å². The van der Waals surface area contributed by atoms with Crippen molar-refractivity contribution < 1.29 is 18.8 Å². The fourth-order valence-corrected chi connectivity index (χ4v) is 4.51. The number of hydrogen-bond donors (Lipinski definition) is 1. The van der Waals surface area contributed by atoms with E-state index in [1.807, 2.05) is 59.7 Å². The second kappa shape index (κ2) is 12.0. The van der Waals surface area contributed by atoms with Crippen LogP contribution >= 0.6 is 0 Å². The minimum absolute atomic E-state index is 0.0434. The first-order valence-corrected chi connectivity index (χ1v) is 13.1. The number of amides is 1. The molecular weight excluding hydrogens is 454 g/mol. The highest BCUT2D eigenvalue weighted by Crippen LogP contribution is 2.45. The van der Waals surface area contributed by atoms with Gasteiger partial charge in [0.1, 0.15) is 18.0 Å². The van der Waals surface area contributed by atoms with Gasteiger partial charge in [-0.25, -0.2) is 4.79 Å². The van der Waals surface area contributed by atoms with E-state index < -0.39 is 5.60 Å². The number of hydrogen-bond acceptors (Lipinski definition) is 6. The van der Waals surface area contributed by atoms with Crippen LogP contribution in [0.1, 0.15) is 71.1 Å². The van der Waals surface area contributed by atoms with Gasteiger partial charge in [0.25, 0.3) is 0 Å². The van der Waals surface area contributed by atoms with Crippen molar-refractivity contribution in [2.24, 2.45) is 11.3 Å². The van der Waals surface area contributed by atoms with Crippen molar-refractivity contribution in [3.8, 4) is 17.6 Å². The van der Waals surface area contributed by atoms with Crippen LogP contribution in [0.25, 0.3) is 11.0 Å². The number of carbonyl (C=O) groups excluding carboxylic acids is 1. The van der Waals surface area contributed by atoms with Gasteiger partial charge >= 0.3 is 6.09 Å². The smallest absolute Gasteiger partial charge is 0.410 e. The maximum absolute atomic E-state index is 12.3. The number of likely N-dealkylation sites (tertiary alicyclic amines) is 1. The normalized spacial score (nSPS) is 17.0. The molecule has 1 aliphatic carbocycles. The fourth-order valence-electron chi connectivity index (χ4n) is 4.51. The van der Waals surface area contributed by atoms with E-state index in [1.54, 1.807) is 0 Å². The summed E-state index contributed by atoms with van der Waals surface area (Å²) in [5.74, 6) is 7.75. The topological polar surface area (TPSA) is 76.8 Å². The highest BCUT2D eigenvalue weighted by atomic mass is 16.6. The highest BCUT2D eigenvalue weighted by molar-refractivity contribution is 5.84. The van der Waals surface area contributed by atoms with Gasteiger partial charge in [-0.1, -0.05) is 11.1 Å². The van der Waals surface area contributed by atoms with Gasteiger partial charge in [0.2, 0.25) is 0 Å². The first-order chi connectivity index (χ1) is 17.1. The molecule has 1 amide bonds. The zero-order chi connectivity index (χ0) is 26.3. The molecule has 4 rings (SSSR count). The summed E-state index contributed by atoms with van der Waals surface area (Å²) in [5.41, 5.74) is 2.41. The number of ether oxygens (including phenoxy) is 2. The molecule has 1 aromatic carbocycles. The molecule has 2 aliphatic rings. The molecule has 2 aromatic rings. The Morgan fingerprint density at radius 2 is 1.92 bits per heavy atom. The Morgan fingerprint density at radius 3 is 2.50 bits per heavy atom. The average molecular weight is 498 g/mol. The molecular formula is C29H43N3O4. The third-order valence-electron chi connectivity index (χ3n) is 6.72. The summed E-state index contributed by atoms with van der Waals surface area (Å²) < 4.78 is 17.3. The quantitative estimate of drug-likeness (QED) is 0.513. The number of nitrogens with one attached hydrogen (secondary N) is 1. The molecule has 36 heavy (non-hydrogen) atoms. The number of nitrogens with zero attached hydrogens (tertiary/aromatic N) is 2. The molecule has 1 saturated heterocycles.